The SMILES string of the molecule is Cn1cc(-c2cc(-c3ccc(OCCO)cc3)nc(SCS(=O)C3CCC3)c2C#N)cn1. The van der Waals surface area contributed by atoms with E-state index < -0.39 is 10.8 Å². The normalized spacial score (nSPS) is 14.5. The molecule has 1 aliphatic carbocycles. The van der Waals surface area contributed by atoms with Crippen LogP contribution >= 0.6 is 11.8 Å². The number of aliphatic hydroxyl groups excluding tert-OH is 1. The second-order valence-electron chi connectivity index (χ2n) is 7.54. The van der Waals surface area contributed by atoms with Crippen molar-refractivity contribution in [2.75, 3.05) is 18.3 Å². The van der Waals surface area contributed by atoms with Gasteiger partial charge >= 0.3 is 0 Å². The Morgan fingerprint density at radius 2 is 2.09 bits per heavy atom. The van der Waals surface area contributed by atoms with E-state index in [1.165, 1.54) is 11.8 Å². The number of pyridine rings is 1. The number of nitriles is 1. The molecule has 4 rings (SSSR count). The maximum Gasteiger partial charge on any atom is 0.119 e. The fourth-order valence-corrected chi connectivity index (χ4v) is 6.40. The van der Waals surface area contributed by atoms with E-state index in [-0.39, 0.29) is 18.5 Å². The molecule has 0 bridgehead atoms. The molecule has 7 nitrogen and oxygen atoms in total. The van der Waals surface area contributed by atoms with Gasteiger partial charge in [-0.2, -0.15) is 10.4 Å². The van der Waals surface area contributed by atoms with Crippen molar-refractivity contribution in [1.29, 1.82) is 5.26 Å². The molecule has 3 aromatic rings. The number of aryl methyl sites for hydroxylation is 1. The molecular formula is C23H24N4O3S2. The Morgan fingerprint density at radius 1 is 1.31 bits per heavy atom. The van der Waals surface area contributed by atoms with Crippen LogP contribution in [0.2, 0.25) is 0 Å². The van der Waals surface area contributed by atoms with Crippen LogP contribution in [0.15, 0.2) is 47.8 Å². The number of hydrogen-bond donors (Lipinski definition) is 1. The monoisotopic (exact) mass is 468 g/mol. The second kappa shape index (κ2) is 10.3. The average molecular weight is 469 g/mol. The standard InChI is InChI=1S/C23H24N4O3S2/c1-27-14-17(13-25-27)20-11-22(16-5-7-18(8-6-16)30-10-9-28)26-23(21(20)12-24)31-15-32(29)19-3-2-4-19/h5-8,11,13-14,19,28H,2-4,9-10,15H2,1H3. The Bertz CT molecular complexity index is 1150. The summed E-state index contributed by atoms with van der Waals surface area (Å²) in [5, 5.41) is 24.4. The van der Waals surface area contributed by atoms with Crippen molar-refractivity contribution < 1.29 is 14.1 Å². The van der Waals surface area contributed by atoms with Gasteiger partial charge < -0.3 is 9.84 Å². The predicted molar refractivity (Wildman–Crippen MR) is 126 cm³/mol. The summed E-state index contributed by atoms with van der Waals surface area (Å²) in [6, 6.07) is 11.6. The van der Waals surface area contributed by atoms with Gasteiger partial charge in [0.2, 0.25) is 0 Å². The van der Waals surface area contributed by atoms with Crippen molar-refractivity contribution in [3.05, 3.63) is 48.3 Å². The second-order valence-corrected chi connectivity index (χ2v) is 10.6. The Kier molecular flexibility index (Phi) is 7.25. The highest BCUT2D eigenvalue weighted by Crippen LogP contribution is 2.35. The van der Waals surface area contributed by atoms with E-state index in [0.717, 1.165) is 36.0 Å². The lowest BCUT2D eigenvalue weighted by atomic mass is 10.0. The molecule has 0 spiro atoms. The minimum atomic E-state index is -0.933. The molecule has 0 saturated heterocycles. The number of rotatable bonds is 9. The maximum atomic E-state index is 12.6. The fraction of sp³-hybridized carbons (Fsp3) is 0.348. The Balaban J connectivity index is 1.70. The maximum absolute atomic E-state index is 12.6. The third kappa shape index (κ3) is 5.04. The van der Waals surface area contributed by atoms with Gasteiger partial charge in [-0.05, 0) is 43.2 Å². The largest absolute Gasteiger partial charge is 0.491 e. The number of nitrogens with zero attached hydrogens (tertiary/aromatic N) is 4. The first-order valence-electron chi connectivity index (χ1n) is 10.4. The first-order chi connectivity index (χ1) is 15.6. The van der Waals surface area contributed by atoms with Gasteiger partial charge in [-0.25, -0.2) is 4.98 Å². The molecule has 1 aromatic carbocycles. The summed E-state index contributed by atoms with van der Waals surface area (Å²) in [6.45, 7) is 0.189. The van der Waals surface area contributed by atoms with Crippen molar-refractivity contribution in [3.8, 4) is 34.2 Å². The van der Waals surface area contributed by atoms with Crippen molar-refractivity contribution in [2.24, 2.45) is 7.05 Å². The average Bonchev–Trinajstić information content (AvgIpc) is 3.21. The summed E-state index contributed by atoms with van der Waals surface area (Å²) >= 11 is 1.38. The third-order valence-electron chi connectivity index (χ3n) is 5.36. The molecule has 2 aromatic heterocycles. The third-order valence-corrected chi connectivity index (χ3v) is 8.54. The van der Waals surface area contributed by atoms with Crippen LogP contribution < -0.4 is 4.74 Å². The summed E-state index contributed by atoms with van der Waals surface area (Å²) in [7, 11) is 0.900. The van der Waals surface area contributed by atoms with Crippen molar-refractivity contribution >= 4 is 22.6 Å². The van der Waals surface area contributed by atoms with Crippen molar-refractivity contribution in [1.82, 2.24) is 14.8 Å². The molecule has 0 amide bonds. The molecule has 166 valence electrons. The molecule has 0 radical (unpaired) electrons. The lowest BCUT2D eigenvalue weighted by molar-refractivity contribution is 0.201. The molecule has 1 atom stereocenters. The van der Waals surface area contributed by atoms with E-state index >= 15 is 0 Å². The van der Waals surface area contributed by atoms with Crippen LogP contribution in [0, 0.1) is 11.3 Å². The van der Waals surface area contributed by atoms with Gasteiger partial charge in [0.15, 0.2) is 0 Å². The first-order valence-corrected chi connectivity index (χ1v) is 12.7. The molecule has 1 fully saturated rings. The number of ether oxygens (including phenoxy) is 1. The Hall–Kier alpha value is -2.67. The van der Waals surface area contributed by atoms with Gasteiger partial charge in [-0.1, -0.05) is 18.2 Å². The van der Waals surface area contributed by atoms with Crippen molar-refractivity contribution in [2.45, 2.75) is 29.5 Å². The van der Waals surface area contributed by atoms with Crippen LogP contribution in [0.25, 0.3) is 22.4 Å². The minimum absolute atomic E-state index is 0.0454. The van der Waals surface area contributed by atoms with E-state index in [1.54, 1.807) is 10.9 Å². The van der Waals surface area contributed by atoms with E-state index in [4.69, 9.17) is 14.8 Å². The van der Waals surface area contributed by atoms with Gasteiger partial charge in [-0.3, -0.25) is 8.89 Å². The summed E-state index contributed by atoms with van der Waals surface area (Å²) in [4.78, 5) is 4.77. The van der Waals surface area contributed by atoms with Gasteiger partial charge in [0, 0.05) is 46.0 Å². The van der Waals surface area contributed by atoms with E-state index in [0.29, 0.717) is 27.1 Å². The van der Waals surface area contributed by atoms with Crippen molar-refractivity contribution in [3.63, 3.8) is 0 Å². The highest BCUT2D eigenvalue weighted by Gasteiger charge is 2.25. The lowest BCUT2D eigenvalue weighted by Crippen LogP contribution is -2.24. The molecule has 0 aliphatic heterocycles. The minimum Gasteiger partial charge on any atom is -0.491 e. The number of aliphatic hydroxyl groups is 1. The highest BCUT2D eigenvalue weighted by molar-refractivity contribution is 8.10. The predicted octanol–water partition coefficient (Wildman–Crippen LogP) is 3.74. The Labute approximate surface area is 193 Å². The zero-order valence-corrected chi connectivity index (χ0v) is 19.4. The summed E-state index contributed by atoms with van der Waals surface area (Å²) in [6.07, 6.45) is 6.76. The molecule has 1 N–H and O–H groups in total. The van der Waals surface area contributed by atoms with Crippen LogP contribution in [-0.2, 0) is 17.8 Å². The highest BCUT2D eigenvalue weighted by atomic mass is 32.2. The van der Waals surface area contributed by atoms with E-state index in [1.807, 2.05) is 43.6 Å². The molecule has 1 unspecified atom stereocenters. The fourth-order valence-electron chi connectivity index (χ4n) is 3.40. The zero-order valence-electron chi connectivity index (χ0n) is 17.7. The molecule has 1 saturated carbocycles. The summed E-state index contributed by atoms with van der Waals surface area (Å²) in [5.41, 5.74) is 3.65. The van der Waals surface area contributed by atoms with Gasteiger partial charge in [0.25, 0.3) is 0 Å². The number of benzene rings is 1. The van der Waals surface area contributed by atoms with Crippen LogP contribution in [0.3, 0.4) is 0 Å². The summed E-state index contributed by atoms with van der Waals surface area (Å²) < 4.78 is 19.7. The van der Waals surface area contributed by atoms with E-state index in [2.05, 4.69) is 11.2 Å². The molecule has 1 aliphatic rings. The van der Waals surface area contributed by atoms with Crippen LogP contribution in [-0.4, -0.2) is 47.6 Å². The van der Waals surface area contributed by atoms with Gasteiger partial charge in [0.1, 0.15) is 23.5 Å². The number of thioether (sulfide) groups is 1. The van der Waals surface area contributed by atoms with Crippen LogP contribution in [0.4, 0.5) is 0 Å². The van der Waals surface area contributed by atoms with Gasteiger partial charge in [0.05, 0.1) is 29.1 Å². The van der Waals surface area contributed by atoms with Crippen LogP contribution in [0.5, 0.6) is 5.75 Å². The topological polar surface area (TPSA) is 101 Å². The number of hydrogen-bond acceptors (Lipinski definition) is 7. The number of aromatic nitrogens is 3. The van der Waals surface area contributed by atoms with E-state index in [9.17, 15) is 9.47 Å². The zero-order chi connectivity index (χ0) is 22.5. The molecule has 9 heteroatoms. The molecular weight excluding hydrogens is 444 g/mol. The quantitative estimate of drug-likeness (QED) is 0.477. The van der Waals surface area contributed by atoms with Crippen LogP contribution in [0.1, 0.15) is 24.8 Å². The molecule has 32 heavy (non-hydrogen) atoms. The Morgan fingerprint density at radius 3 is 2.69 bits per heavy atom. The molecule has 2 heterocycles. The lowest BCUT2D eigenvalue weighted by Gasteiger charge is -2.24. The first kappa shape index (κ1) is 22.5. The smallest absolute Gasteiger partial charge is 0.119 e. The van der Waals surface area contributed by atoms with Gasteiger partial charge in [-0.15, -0.1) is 0 Å². The summed E-state index contributed by atoms with van der Waals surface area (Å²) in [5.74, 6) is 0.662.